The van der Waals surface area contributed by atoms with Crippen LogP contribution in [0.3, 0.4) is 0 Å². The lowest BCUT2D eigenvalue weighted by molar-refractivity contribution is 0.0652. The molecule has 1 aliphatic heterocycles. The van der Waals surface area contributed by atoms with Gasteiger partial charge in [0.25, 0.3) is 11.8 Å². The molecule has 1 heterocycles. The fourth-order valence-corrected chi connectivity index (χ4v) is 2.27. The van der Waals surface area contributed by atoms with E-state index >= 15 is 0 Å². The molecule has 94 valence electrons. The summed E-state index contributed by atoms with van der Waals surface area (Å²) in [6.07, 6.45) is 3.34. The van der Waals surface area contributed by atoms with Gasteiger partial charge in [-0.1, -0.05) is 12.1 Å². The maximum atomic E-state index is 12.0. The zero-order valence-corrected chi connectivity index (χ0v) is 10.2. The number of carbonyl (C=O) groups is 2. The normalized spacial score (nSPS) is 18.3. The predicted molar refractivity (Wildman–Crippen MR) is 67.5 cm³/mol. The standard InChI is InChI=1S/C14H16N2O2/c17-13-11-4-1-2-5-12(11)14(18)16(13)9-3-8-15-10-6-7-10/h1-2,4-5,10,15H,3,6-9H2. The van der Waals surface area contributed by atoms with Crippen LogP contribution in [0.15, 0.2) is 24.3 Å². The minimum atomic E-state index is -0.151. The summed E-state index contributed by atoms with van der Waals surface area (Å²) in [5.74, 6) is -0.302. The van der Waals surface area contributed by atoms with Crippen molar-refractivity contribution in [3.63, 3.8) is 0 Å². The fraction of sp³-hybridized carbons (Fsp3) is 0.429. The number of hydrogen-bond acceptors (Lipinski definition) is 3. The van der Waals surface area contributed by atoms with Gasteiger partial charge in [-0.25, -0.2) is 0 Å². The molecule has 1 saturated carbocycles. The topological polar surface area (TPSA) is 49.4 Å². The molecule has 0 atom stereocenters. The van der Waals surface area contributed by atoms with Crippen LogP contribution in [0.5, 0.6) is 0 Å². The van der Waals surface area contributed by atoms with E-state index in [1.54, 1.807) is 24.3 Å². The van der Waals surface area contributed by atoms with Crippen molar-refractivity contribution >= 4 is 11.8 Å². The molecule has 4 heteroatoms. The van der Waals surface area contributed by atoms with Crippen LogP contribution in [0.1, 0.15) is 40.0 Å². The summed E-state index contributed by atoms with van der Waals surface area (Å²) in [6.45, 7) is 1.38. The van der Waals surface area contributed by atoms with Gasteiger partial charge in [-0.15, -0.1) is 0 Å². The first-order valence-corrected chi connectivity index (χ1v) is 6.46. The van der Waals surface area contributed by atoms with Crippen molar-refractivity contribution in [1.29, 1.82) is 0 Å². The first-order valence-electron chi connectivity index (χ1n) is 6.46. The summed E-state index contributed by atoms with van der Waals surface area (Å²) in [6, 6.07) is 7.70. The Morgan fingerprint density at radius 1 is 1.11 bits per heavy atom. The zero-order valence-electron chi connectivity index (χ0n) is 10.2. The Labute approximate surface area is 106 Å². The number of benzene rings is 1. The van der Waals surface area contributed by atoms with Gasteiger partial charge in [-0.3, -0.25) is 14.5 Å². The van der Waals surface area contributed by atoms with E-state index in [0.29, 0.717) is 23.7 Å². The van der Waals surface area contributed by atoms with Crippen LogP contribution < -0.4 is 5.32 Å². The number of nitrogens with zero attached hydrogens (tertiary/aromatic N) is 1. The van der Waals surface area contributed by atoms with Gasteiger partial charge >= 0.3 is 0 Å². The van der Waals surface area contributed by atoms with Crippen molar-refractivity contribution < 1.29 is 9.59 Å². The number of carbonyl (C=O) groups excluding carboxylic acids is 2. The van der Waals surface area contributed by atoms with Gasteiger partial charge < -0.3 is 5.32 Å². The summed E-state index contributed by atoms with van der Waals surface area (Å²) >= 11 is 0. The van der Waals surface area contributed by atoms with Crippen molar-refractivity contribution in [1.82, 2.24) is 10.2 Å². The summed E-state index contributed by atoms with van der Waals surface area (Å²) in [5, 5.41) is 3.38. The highest BCUT2D eigenvalue weighted by Gasteiger charge is 2.34. The first-order chi connectivity index (χ1) is 8.77. The Bertz CT molecular complexity index is 459. The third-order valence-corrected chi connectivity index (χ3v) is 3.45. The lowest BCUT2D eigenvalue weighted by Crippen LogP contribution is -2.32. The maximum absolute atomic E-state index is 12.0. The summed E-state index contributed by atoms with van der Waals surface area (Å²) in [7, 11) is 0. The third kappa shape index (κ3) is 2.04. The minimum absolute atomic E-state index is 0.151. The summed E-state index contributed by atoms with van der Waals surface area (Å²) in [5.41, 5.74) is 1.08. The quantitative estimate of drug-likeness (QED) is 0.629. The fourth-order valence-electron chi connectivity index (χ4n) is 2.27. The van der Waals surface area contributed by atoms with E-state index in [1.165, 1.54) is 17.7 Å². The van der Waals surface area contributed by atoms with Crippen LogP contribution in [-0.4, -0.2) is 35.8 Å². The molecule has 0 unspecified atom stereocenters. The van der Waals surface area contributed by atoms with E-state index < -0.39 is 0 Å². The molecule has 0 spiro atoms. The largest absolute Gasteiger partial charge is 0.314 e. The summed E-state index contributed by atoms with van der Waals surface area (Å²) in [4.78, 5) is 25.4. The molecule has 1 aromatic carbocycles. The average molecular weight is 244 g/mol. The molecular formula is C14H16N2O2. The lowest BCUT2D eigenvalue weighted by atomic mass is 10.1. The van der Waals surface area contributed by atoms with Gasteiger partial charge in [-0.05, 0) is 37.9 Å². The predicted octanol–water partition coefficient (Wildman–Crippen LogP) is 1.42. The molecule has 2 amide bonds. The second kappa shape index (κ2) is 4.53. The molecule has 2 aliphatic rings. The van der Waals surface area contributed by atoms with Crippen molar-refractivity contribution in [2.75, 3.05) is 13.1 Å². The highest BCUT2D eigenvalue weighted by atomic mass is 16.2. The van der Waals surface area contributed by atoms with E-state index in [2.05, 4.69) is 5.32 Å². The molecule has 18 heavy (non-hydrogen) atoms. The lowest BCUT2D eigenvalue weighted by Gasteiger charge is -2.13. The van der Waals surface area contributed by atoms with Crippen LogP contribution in [0.25, 0.3) is 0 Å². The molecule has 1 aliphatic carbocycles. The first kappa shape index (κ1) is 11.4. The van der Waals surface area contributed by atoms with Crippen molar-refractivity contribution in [2.45, 2.75) is 25.3 Å². The van der Waals surface area contributed by atoms with E-state index in [9.17, 15) is 9.59 Å². The number of rotatable bonds is 5. The van der Waals surface area contributed by atoms with Gasteiger partial charge in [0.2, 0.25) is 0 Å². The van der Waals surface area contributed by atoms with Gasteiger partial charge in [0.1, 0.15) is 0 Å². The third-order valence-electron chi connectivity index (χ3n) is 3.45. The molecule has 1 N–H and O–H groups in total. The van der Waals surface area contributed by atoms with Gasteiger partial charge in [0.05, 0.1) is 11.1 Å². The highest BCUT2D eigenvalue weighted by molar-refractivity contribution is 6.21. The van der Waals surface area contributed by atoms with E-state index in [4.69, 9.17) is 0 Å². The molecule has 3 rings (SSSR count). The van der Waals surface area contributed by atoms with Crippen LogP contribution in [0.2, 0.25) is 0 Å². The SMILES string of the molecule is O=C1c2ccccc2C(=O)N1CCCNC1CC1. The van der Waals surface area contributed by atoms with E-state index in [-0.39, 0.29) is 11.8 Å². The maximum Gasteiger partial charge on any atom is 0.261 e. The number of hydrogen-bond donors (Lipinski definition) is 1. The molecule has 4 nitrogen and oxygen atoms in total. The molecular weight excluding hydrogens is 228 g/mol. The van der Waals surface area contributed by atoms with Gasteiger partial charge in [0, 0.05) is 12.6 Å². The molecule has 0 bridgehead atoms. The monoisotopic (exact) mass is 244 g/mol. The van der Waals surface area contributed by atoms with Crippen LogP contribution in [0, 0.1) is 0 Å². The summed E-state index contributed by atoms with van der Waals surface area (Å²) < 4.78 is 0. The Balaban J connectivity index is 1.60. The molecule has 0 saturated heterocycles. The number of amides is 2. The van der Waals surface area contributed by atoms with E-state index in [1.807, 2.05) is 0 Å². The number of nitrogens with one attached hydrogen (secondary N) is 1. The number of imide groups is 1. The Hall–Kier alpha value is -1.68. The second-order valence-electron chi connectivity index (χ2n) is 4.89. The molecule has 1 aromatic rings. The van der Waals surface area contributed by atoms with Crippen LogP contribution in [-0.2, 0) is 0 Å². The Morgan fingerprint density at radius 2 is 1.72 bits per heavy atom. The van der Waals surface area contributed by atoms with E-state index in [0.717, 1.165) is 13.0 Å². The zero-order chi connectivity index (χ0) is 12.5. The van der Waals surface area contributed by atoms with Crippen molar-refractivity contribution in [3.8, 4) is 0 Å². The Morgan fingerprint density at radius 3 is 2.28 bits per heavy atom. The molecule has 1 fully saturated rings. The minimum Gasteiger partial charge on any atom is -0.314 e. The second-order valence-corrected chi connectivity index (χ2v) is 4.89. The van der Waals surface area contributed by atoms with Gasteiger partial charge in [0.15, 0.2) is 0 Å². The van der Waals surface area contributed by atoms with Gasteiger partial charge in [-0.2, -0.15) is 0 Å². The van der Waals surface area contributed by atoms with Crippen LogP contribution in [0.4, 0.5) is 0 Å². The highest BCUT2D eigenvalue weighted by Crippen LogP contribution is 2.22. The van der Waals surface area contributed by atoms with Crippen LogP contribution >= 0.6 is 0 Å². The smallest absolute Gasteiger partial charge is 0.261 e. The molecule has 0 aromatic heterocycles. The van der Waals surface area contributed by atoms with Crippen molar-refractivity contribution in [3.05, 3.63) is 35.4 Å². The Kier molecular flexibility index (Phi) is 2.88. The average Bonchev–Trinajstić information content (AvgIpc) is 3.18. The molecule has 0 radical (unpaired) electrons. The van der Waals surface area contributed by atoms with Crippen molar-refractivity contribution in [2.24, 2.45) is 0 Å². The number of fused-ring (bicyclic) bond motifs is 1.